The standard InChI is InChI=1S/C24H48/c1-4-7-8-9-10-11-12-13-17-22-24(20-5-2,21-6-3)23-18-15-14-16-19-23/h23H,4-22H2,1-3H3. The molecule has 1 aliphatic carbocycles. The molecule has 0 N–H and O–H groups in total. The molecule has 0 unspecified atom stereocenters. The molecule has 0 atom stereocenters. The first kappa shape index (κ1) is 22.0. The van der Waals surface area contributed by atoms with Crippen molar-refractivity contribution in [2.24, 2.45) is 11.3 Å². The van der Waals surface area contributed by atoms with E-state index in [2.05, 4.69) is 20.8 Å². The lowest BCUT2D eigenvalue weighted by Gasteiger charge is -2.43. The minimum absolute atomic E-state index is 0.713. The SMILES string of the molecule is CCCCCCCCCCCC(CCC)(CCC)C1CCCCC1. The number of rotatable bonds is 15. The number of hydrogen-bond acceptors (Lipinski definition) is 0. The highest BCUT2D eigenvalue weighted by Gasteiger charge is 2.36. The van der Waals surface area contributed by atoms with Crippen molar-refractivity contribution in [2.45, 2.75) is 143 Å². The molecule has 0 aliphatic heterocycles. The van der Waals surface area contributed by atoms with Crippen LogP contribution in [0.4, 0.5) is 0 Å². The van der Waals surface area contributed by atoms with E-state index in [0.717, 1.165) is 5.92 Å². The molecule has 0 aromatic carbocycles. The first-order valence-corrected chi connectivity index (χ1v) is 11.8. The third kappa shape index (κ3) is 8.39. The van der Waals surface area contributed by atoms with E-state index in [0.29, 0.717) is 5.41 Å². The lowest BCUT2D eigenvalue weighted by atomic mass is 9.62. The van der Waals surface area contributed by atoms with Gasteiger partial charge in [-0.15, -0.1) is 0 Å². The Morgan fingerprint density at radius 3 is 1.54 bits per heavy atom. The van der Waals surface area contributed by atoms with Gasteiger partial charge in [-0.2, -0.15) is 0 Å². The van der Waals surface area contributed by atoms with Crippen molar-refractivity contribution in [1.29, 1.82) is 0 Å². The molecule has 1 fully saturated rings. The minimum atomic E-state index is 0.713. The van der Waals surface area contributed by atoms with Gasteiger partial charge < -0.3 is 0 Å². The molecule has 0 aromatic rings. The molecular formula is C24H48. The van der Waals surface area contributed by atoms with Crippen LogP contribution in [0.5, 0.6) is 0 Å². The Morgan fingerprint density at radius 1 is 0.542 bits per heavy atom. The Kier molecular flexibility index (Phi) is 13.0. The van der Waals surface area contributed by atoms with Crippen molar-refractivity contribution < 1.29 is 0 Å². The second-order valence-corrected chi connectivity index (χ2v) is 8.78. The summed E-state index contributed by atoms with van der Waals surface area (Å²) in [6.07, 6.45) is 28.2. The van der Waals surface area contributed by atoms with E-state index in [1.807, 2.05) is 0 Å². The molecule has 24 heavy (non-hydrogen) atoms. The van der Waals surface area contributed by atoms with E-state index in [1.165, 1.54) is 122 Å². The van der Waals surface area contributed by atoms with Crippen LogP contribution in [0.25, 0.3) is 0 Å². The Morgan fingerprint density at radius 2 is 1.04 bits per heavy atom. The Labute approximate surface area is 154 Å². The molecule has 0 aromatic heterocycles. The first-order valence-electron chi connectivity index (χ1n) is 11.8. The van der Waals surface area contributed by atoms with E-state index in [-0.39, 0.29) is 0 Å². The minimum Gasteiger partial charge on any atom is -0.0654 e. The maximum absolute atomic E-state index is 2.42. The summed E-state index contributed by atoms with van der Waals surface area (Å²) in [6, 6.07) is 0. The lowest BCUT2D eigenvalue weighted by molar-refractivity contribution is 0.0755. The zero-order valence-electron chi connectivity index (χ0n) is 17.5. The van der Waals surface area contributed by atoms with E-state index in [1.54, 1.807) is 0 Å². The molecule has 1 rings (SSSR count). The largest absolute Gasteiger partial charge is 0.0654 e. The summed E-state index contributed by atoms with van der Waals surface area (Å²) in [5.41, 5.74) is 0.713. The highest BCUT2D eigenvalue weighted by atomic mass is 14.4. The molecule has 0 amide bonds. The van der Waals surface area contributed by atoms with Gasteiger partial charge in [-0.1, -0.05) is 111 Å². The predicted octanol–water partition coefficient (Wildman–Crippen LogP) is 9.07. The Balaban J connectivity index is 2.30. The van der Waals surface area contributed by atoms with Crippen LogP contribution in [-0.2, 0) is 0 Å². The van der Waals surface area contributed by atoms with E-state index in [4.69, 9.17) is 0 Å². The predicted molar refractivity (Wildman–Crippen MR) is 111 cm³/mol. The summed E-state index contributed by atoms with van der Waals surface area (Å²) in [4.78, 5) is 0. The molecule has 0 nitrogen and oxygen atoms in total. The van der Waals surface area contributed by atoms with Gasteiger partial charge in [0.1, 0.15) is 0 Å². The fraction of sp³-hybridized carbons (Fsp3) is 1.00. The fourth-order valence-corrected chi connectivity index (χ4v) is 5.49. The van der Waals surface area contributed by atoms with Crippen LogP contribution >= 0.6 is 0 Å². The molecule has 0 heterocycles. The normalized spacial score (nSPS) is 16.6. The lowest BCUT2D eigenvalue weighted by Crippen LogP contribution is -2.32. The van der Waals surface area contributed by atoms with Gasteiger partial charge in [0.25, 0.3) is 0 Å². The topological polar surface area (TPSA) is 0 Å². The third-order valence-corrected chi connectivity index (χ3v) is 6.75. The van der Waals surface area contributed by atoms with Crippen LogP contribution in [0, 0.1) is 11.3 Å². The van der Waals surface area contributed by atoms with Crippen LogP contribution in [0.1, 0.15) is 143 Å². The van der Waals surface area contributed by atoms with Crippen LogP contribution < -0.4 is 0 Å². The zero-order chi connectivity index (χ0) is 17.5. The molecule has 0 heteroatoms. The van der Waals surface area contributed by atoms with Crippen LogP contribution in [-0.4, -0.2) is 0 Å². The molecular weight excluding hydrogens is 288 g/mol. The molecule has 144 valence electrons. The fourth-order valence-electron chi connectivity index (χ4n) is 5.49. The van der Waals surface area contributed by atoms with Crippen molar-refractivity contribution in [2.75, 3.05) is 0 Å². The van der Waals surface area contributed by atoms with Crippen LogP contribution in [0.2, 0.25) is 0 Å². The molecule has 0 saturated heterocycles. The Hall–Kier alpha value is 0. The smallest absolute Gasteiger partial charge is 0.0269 e. The van der Waals surface area contributed by atoms with Gasteiger partial charge in [0, 0.05) is 0 Å². The second-order valence-electron chi connectivity index (χ2n) is 8.78. The van der Waals surface area contributed by atoms with Gasteiger partial charge in [-0.3, -0.25) is 0 Å². The summed E-state index contributed by atoms with van der Waals surface area (Å²) >= 11 is 0. The third-order valence-electron chi connectivity index (χ3n) is 6.75. The molecule has 1 aliphatic rings. The summed E-state index contributed by atoms with van der Waals surface area (Å²) in [7, 11) is 0. The summed E-state index contributed by atoms with van der Waals surface area (Å²) in [5, 5.41) is 0. The summed E-state index contributed by atoms with van der Waals surface area (Å²) in [6.45, 7) is 7.15. The highest BCUT2D eigenvalue weighted by molar-refractivity contribution is 4.87. The van der Waals surface area contributed by atoms with Crippen molar-refractivity contribution in [3.63, 3.8) is 0 Å². The van der Waals surface area contributed by atoms with Crippen molar-refractivity contribution in [3.05, 3.63) is 0 Å². The van der Waals surface area contributed by atoms with Gasteiger partial charge in [0.15, 0.2) is 0 Å². The summed E-state index contributed by atoms with van der Waals surface area (Å²) in [5.74, 6) is 1.06. The Bertz CT molecular complexity index is 255. The average Bonchev–Trinajstić information content (AvgIpc) is 2.61. The zero-order valence-corrected chi connectivity index (χ0v) is 17.5. The average molecular weight is 337 g/mol. The maximum Gasteiger partial charge on any atom is -0.0269 e. The monoisotopic (exact) mass is 336 g/mol. The quantitative estimate of drug-likeness (QED) is 0.261. The van der Waals surface area contributed by atoms with Gasteiger partial charge in [0.2, 0.25) is 0 Å². The van der Waals surface area contributed by atoms with Gasteiger partial charge in [-0.25, -0.2) is 0 Å². The second kappa shape index (κ2) is 14.2. The molecule has 0 bridgehead atoms. The van der Waals surface area contributed by atoms with Gasteiger partial charge in [-0.05, 0) is 43.4 Å². The number of unbranched alkanes of at least 4 members (excludes halogenated alkanes) is 8. The van der Waals surface area contributed by atoms with Gasteiger partial charge >= 0.3 is 0 Å². The van der Waals surface area contributed by atoms with Gasteiger partial charge in [0.05, 0.1) is 0 Å². The highest BCUT2D eigenvalue weighted by Crippen LogP contribution is 2.48. The molecule has 0 radical (unpaired) electrons. The van der Waals surface area contributed by atoms with Crippen molar-refractivity contribution in [1.82, 2.24) is 0 Å². The van der Waals surface area contributed by atoms with Crippen LogP contribution in [0.3, 0.4) is 0 Å². The van der Waals surface area contributed by atoms with E-state index < -0.39 is 0 Å². The number of hydrogen-bond donors (Lipinski definition) is 0. The van der Waals surface area contributed by atoms with E-state index >= 15 is 0 Å². The molecule has 0 spiro atoms. The summed E-state index contributed by atoms with van der Waals surface area (Å²) < 4.78 is 0. The maximum atomic E-state index is 2.42. The van der Waals surface area contributed by atoms with Crippen LogP contribution in [0.15, 0.2) is 0 Å². The van der Waals surface area contributed by atoms with E-state index in [9.17, 15) is 0 Å². The van der Waals surface area contributed by atoms with Crippen molar-refractivity contribution in [3.8, 4) is 0 Å². The molecule has 1 saturated carbocycles. The first-order chi connectivity index (χ1) is 11.8. The van der Waals surface area contributed by atoms with Crippen molar-refractivity contribution >= 4 is 0 Å².